The monoisotopic (exact) mass is 159 g/mol. The van der Waals surface area contributed by atoms with Gasteiger partial charge in [-0.1, -0.05) is 0 Å². The number of esters is 1. The van der Waals surface area contributed by atoms with E-state index in [1.165, 1.54) is 6.92 Å². The van der Waals surface area contributed by atoms with Gasteiger partial charge in [-0.3, -0.25) is 4.79 Å². The smallest absolute Gasteiger partial charge is 0.330 e. The zero-order valence-corrected chi connectivity index (χ0v) is 7.01. The molecule has 0 rings (SSSR count). The number of nitrogens with one attached hydrogen (secondary N) is 1. The fraction of sp³-hybridized carbons (Fsp3) is 0.714. The van der Waals surface area contributed by atoms with Crippen LogP contribution in [0.2, 0.25) is 0 Å². The first kappa shape index (κ1) is 10.1. The summed E-state index contributed by atoms with van der Waals surface area (Å²) in [7, 11) is 1.54. The lowest BCUT2D eigenvalue weighted by atomic mass is 10.2. The van der Waals surface area contributed by atoms with Gasteiger partial charge in [-0.2, -0.15) is 0 Å². The summed E-state index contributed by atoms with van der Waals surface area (Å²) in [4.78, 5) is 21.6. The Bertz CT molecular complexity index is 156. The maximum atomic E-state index is 10.9. The maximum Gasteiger partial charge on any atom is 0.330 e. The van der Waals surface area contributed by atoms with Crippen LogP contribution in [0.4, 0.5) is 0 Å². The van der Waals surface area contributed by atoms with Crippen LogP contribution < -0.4 is 5.32 Å². The number of hydrogen-bond acceptors (Lipinski definition) is 4. The van der Waals surface area contributed by atoms with Gasteiger partial charge in [-0.25, -0.2) is 4.79 Å². The normalized spacial score (nSPS) is 12.3. The molecule has 0 heterocycles. The van der Waals surface area contributed by atoms with Crippen molar-refractivity contribution in [3.8, 4) is 0 Å². The summed E-state index contributed by atoms with van der Waals surface area (Å²) < 4.78 is 4.63. The number of rotatable bonds is 4. The van der Waals surface area contributed by atoms with E-state index in [1.54, 1.807) is 14.0 Å². The van der Waals surface area contributed by atoms with Crippen LogP contribution in [0.25, 0.3) is 0 Å². The fourth-order valence-corrected chi connectivity index (χ4v) is 0.713. The predicted octanol–water partition coefficient (Wildman–Crippen LogP) is -0.274. The van der Waals surface area contributed by atoms with E-state index >= 15 is 0 Å². The van der Waals surface area contributed by atoms with Crippen molar-refractivity contribution in [2.75, 3.05) is 13.7 Å². The molecule has 0 saturated heterocycles. The Hall–Kier alpha value is -0.900. The van der Waals surface area contributed by atoms with E-state index in [-0.39, 0.29) is 5.78 Å². The lowest BCUT2D eigenvalue weighted by molar-refractivity contribution is -0.148. The van der Waals surface area contributed by atoms with Crippen LogP contribution in [-0.2, 0) is 14.3 Å². The third-order valence-electron chi connectivity index (χ3n) is 1.22. The predicted molar refractivity (Wildman–Crippen MR) is 40.2 cm³/mol. The van der Waals surface area contributed by atoms with E-state index in [0.717, 1.165) is 0 Å². The third kappa shape index (κ3) is 3.13. The second kappa shape index (κ2) is 4.85. The molecule has 0 aromatic rings. The van der Waals surface area contributed by atoms with E-state index in [9.17, 15) is 9.59 Å². The number of likely N-dealkylation sites (N-methyl/N-ethyl adjacent to an activating group) is 1. The van der Waals surface area contributed by atoms with Crippen molar-refractivity contribution in [2.24, 2.45) is 0 Å². The molecule has 4 nitrogen and oxygen atoms in total. The second-order valence-electron chi connectivity index (χ2n) is 2.08. The summed E-state index contributed by atoms with van der Waals surface area (Å²) in [5, 5.41) is 2.56. The largest absolute Gasteiger partial charge is 0.464 e. The van der Waals surface area contributed by atoms with Gasteiger partial charge in [0.15, 0.2) is 11.8 Å². The highest BCUT2D eigenvalue weighted by Gasteiger charge is 2.21. The zero-order chi connectivity index (χ0) is 8.85. The Morgan fingerprint density at radius 1 is 1.55 bits per heavy atom. The molecule has 0 saturated carbocycles. The van der Waals surface area contributed by atoms with E-state index in [1.807, 2.05) is 0 Å². The van der Waals surface area contributed by atoms with Crippen molar-refractivity contribution in [3.05, 3.63) is 0 Å². The Balaban J connectivity index is 4.03. The van der Waals surface area contributed by atoms with E-state index in [4.69, 9.17) is 0 Å². The topological polar surface area (TPSA) is 55.4 Å². The van der Waals surface area contributed by atoms with Crippen molar-refractivity contribution >= 4 is 11.8 Å². The minimum atomic E-state index is -0.810. The van der Waals surface area contributed by atoms with E-state index < -0.39 is 12.0 Å². The molecule has 0 aromatic heterocycles. The van der Waals surface area contributed by atoms with Gasteiger partial charge < -0.3 is 10.1 Å². The minimum Gasteiger partial charge on any atom is -0.464 e. The van der Waals surface area contributed by atoms with E-state index in [2.05, 4.69) is 10.1 Å². The van der Waals surface area contributed by atoms with Gasteiger partial charge in [-0.15, -0.1) is 0 Å². The third-order valence-corrected chi connectivity index (χ3v) is 1.22. The highest BCUT2D eigenvalue weighted by atomic mass is 16.5. The molecule has 1 N–H and O–H groups in total. The van der Waals surface area contributed by atoms with Gasteiger partial charge in [-0.05, 0) is 20.9 Å². The summed E-state index contributed by atoms with van der Waals surface area (Å²) in [6.07, 6.45) is 0. The first-order valence-corrected chi connectivity index (χ1v) is 3.47. The number of ether oxygens (including phenoxy) is 1. The van der Waals surface area contributed by atoms with Gasteiger partial charge in [0, 0.05) is 0 Å². The molecule has 4 heteroatoms. The van der Waals surface area contributed by atoms with Gasteiger partial charge in [0.05, 0.1) is 6.61 Å². The summed E-state index contributed by atoms with van der Waals surface area (Å²) >= 11 is 0. The zero-order valence-electron chi connectivity index (χ0n) is 7.01. The molecule has 64 valence electrons. The number of hydrogen-bond donors (Lipinski definition) is 1. The van der Waals surface area contributed by atoms with Crippen LogP contribution in [0, 0.1) is 0 Å². The van der Waals surface area contributed by atoms with E-state index in [0.29, 0.717) is 6.61 Å². The molecule has 11 heavy (non-hydrogen) atoms. The minimum absolute atomic E-state index is 0.231. The molecule has 0 spiro atoms. The first-order valence-electron chi connectivity index (χ1n) is 3.47. The van der Waals surface area contributed by atoms with Crippen molar-refractivity contribution in [1.29, 1.82) is 0 Å². The molecule has 1 unspecified atom stereocenters. The highest BCUT2D eigenvalue weighted by Crippen LogP contribution is 1.89. The van der Waals surface area contributed by atoms with Gasteiger partial charge >= 0.3 is 5.97 Å². The average molecular weight is 159 g/mol. The molecule has 0 radical (unpaired) electrons. The molecule has 0 fully saturated rings. The molecule has 0 aliphatic heterocycles. The summed E-state index contributed by atoms with van der Waals surface area (Å²) in [5.74, 6) is -0.742. The molecular formula is C7H13NO3. The number of carbonyl (C=O) groups is 2. The van der Waals surface area contributed by atoms with Crippen LogP contribution in [0.1, 0.15) is 13.8 Å². The van der Waals surface area contributed by atoms with Crippen molar-refractivity contribution in [2.45, 2.75) is 19.9 Å². The SMILES string of the molecule is CCOC(=O)C(NC)C(C)=O. The van der Waals surface area contributed by atoms with Crippen LogP contribution in [0.5, 0.6) is 0 Å². The lowest BCUT2D eigenvalue weighted by Gasteiger charge is -2.10. The summed E-state index contributed by atoms with van der Waals surface area (Å²) in [6, 6.07) is -0.810. The second-order valence-corrected chi connectivity index (χ2v) is 2.08. The summed E-state index contributed by atoms with van der Waals surface area (Å²) in [6.45, 7) is 3.34. The van der Waals surface area contributed by atoms with Crippen LogP contribution >= 0.6 is 0 Å². The van der Waals surface area contributed by atoms with Crippen LogP contribution in [-0.4, -0.2) is 31.4 Å². The van der Waals surface area contributed by atoms with Crippen molar-refractivity contribution in [3.63, 3.8) is 0 Å². The number of Topliss-reactive ketones (excluding diaryl/α,β-unsaturated/α-hetero) is 1. The molecule has 0 bridgehead atoms. The van der Waals surface area contributed by atoms with Crippen LogP contribution in [0.15, 0.2) is 0 Å². The molecule has 0 aromatic carbocycles. The Morgan fingerprint density at radius 3 is 2.36 bits per heavy atom. The molecular weight excluding hydrogens is 146 g/mol. The van der Waals surface area contributed by atoms with Crippen molar-refractivity contribution in [1.82, 2.24) is 5.32 Å². The van der Waals surface area contributed by atoms with Gasteiger partial charge in [0.25, 0.3) is 0 Å². The molecule has 0 amide bonds. The Kier molecular flexibility index (Phi) is 4.45. The standard InChI is InChI=1S/C7H13NO3/c1-4-11-7(10)6(8-3)5(2)9/h6,8H,4H2,1-3H3. The first-order chi connectivity index (χ1) is 5.13. The fourth-order valence-electron chi connectivity index (χ4n) is 0.713. The van der Waals surface area contributed by atoms with Crippen LogP contribution in [0.3, 0.4) is 0 Å². The highest BCUT2D eigenvalue weighted by molar-refractivity contribution is 6.01. The lowest BCUT2D eigenvalue weighted by Crippen LogP contribution is -2.41. The molecule has 0 aliphatic carbocycles. The Labute approximate surface area is 65.9 Å². The van der Waals surface area contributed by atoms with Gasteiger partial charge in [0.1, 0.15) is 0 Å². The average Bonchev–Trinajstić information content (AvgIpc) is 1.88. The number of carbonyl (C=O) groups excluding carboxylic acids is 2. The Morgan fingerprint density at radius 2 is 2.09 bits per heavy atom. The number of ketones is 1. The summed E-state index contributed by atoms with van der Waals surface area (Å²) in [5.41, 5.74) is 0. The molecule has 0 aliphatic rings. The van der Waals surface area contributed by atoms with Crippen molar-refractivity contribution < 1.29 is 14.3 Å². The van der Waals surface area contributed by atoms with Gasteiger partial charge in [0.2, 0.25) is 0 Å². The quantitative estimate of drug-likeness (QED) is 0.453. The molecule has 1 atom stereocenters. The maximum absolute atomic E-state index is 10.9.